The summed E-state index contributed by atoms with van der Waals surface area (Å²) in [4.78, 5) is 17.2. The van der Waals surface area contributed by atoms with E-state index in [-0.39, 0.29) is 5.56 Å². The number of nitrogens with one attached hydrogen (secondary N) is 1. The van der Waals surface area contributed by atoms with Crippen LogP contribution in [0.15, 0.2) is 53.3 Å². The molecule has 0 unspecified atom stereocenters. The summed E-state index contributed by atoms with van der Waals surface area (Å²) in [6, 6.07) is 12.5. The Morgan fingerprint density at radius 1 is 1.12 bits per heavy atom. The molecule has 0 aliphatic carbocycles. The maximum Gasteiger partial charge on any atom is 0.276 e. The van der Waals surface area contributed by atoms with Crippen LogP contribution in [-0.2, 0) is 0 Å². The number of nitrogens with zero attached hydrogens (tertiary/aromatic N) is 3. The van der Waals surface area contributed by atoms with Crippen LogP contribution in [0, 0.1) is 6.92 Å². The van der Waals surface area contributed by atoms with Crippen molar-refractivity contribution in [2.45, 2.75) is 6.92 Å². The van der Waals surface area contributed by atoms with Crippen molar-refractivity contribution in [3.8, 4) is 11.3 Å². The zero-order valence-corrected chi connectivity index (χ0v) is 15.0. The number of carbonyl (C=O) groups excluding carboxylic acids is 1. The number of para-hydroxylation sites is 2. The number of rotatable bonds is 3. The standard InChI is InChI=1S/C18H12Cl2N4O2/c1-10-15(17(23-26-10)16-11(19)5-4-6-12(16)20)18(25)22-24-9-21-13-7-2-3-8-14(13)24/h2-9H,1H3,(H,22,25). The number of carbonyl (C=O) groups is 1. The van der Waals surface area contributed by atoms with Crippen LogP contribution in [0.4, 0.5) is 0 Å². The highest BCUT2D eigenvalue weighted by atomic mass is 35.5. The third kappa shape index (κ3) is 2.73. The van der Waals surface area contributed by atoms with E-state index in [2.05, 4.69) is 15.6 Å². The molecule has 0 aliphatic heterocycles. The lowest BCUT2D eigenvalue weighted by Crippen LogP contribution is -2.23. The van der Waals surface area contributed by atoms with Crippen LogP contribution in [-0.4, -0.2) is 20.7 Å². The predicted octanol–water partition coefficient (Wildman–Crippen LogP) is 4.69. The number of benzene rings is 2. The molecule has 0 fully saturated rings. The van der Waals surface area contributed by atoms with Crippen molar-refractivity contribution >= 4 is 40.1 Å². The van der Waals surface area contributed by atoms with Crippen LogP contribution in [0.25, 0.3) is 22.3 Å². The summed E-state index contributed by atoms with van der Waals surface area (Å²) in [6.45, 7) is 1.65. The van der Waals surface area contributed by atoms with Crippen LogP contribution >= 0.6 is 23.2 Å². The average molecular weight is 387 g/mol. The summed E-state index contributed by atoms with van der Waals surface area (Å²) in [7, 11) is 0. The number of amides is 1. The van der Waals surface area contributed by atoms with Crippen LogP contribution in [0.5, 0.6) is 0 Å². The Hall–Kier alpha value is -2.83. The first-order chi connectivity index (χ1) is 12.6. The first-order valence-corrected chi connectivity index (χ1v) is 8.46. The van der Waals surface area contributed by atoms with Crippen molar-refractivity contribution < 1.29 is 9.32 Å². The van der Waals surface area contributed by atoms with Gasteiger partial charge in [-0.3, -0.25) is 10.2 Å². The van der Waals surface area contributed by atoms with Crippen LogP contribution in [0.3, 0.4) is 0 Å². The van der Waals surface area contributed by atoms with Crippen molar-refractivity contribution in [2.75, 3.05) is 5.43 Å². The molecule has 2 aromatic carbocycles. The van der Waals surface area contributed by atoms with Gasteiger partial charge in [0.1, 0.15) is 23.3 Å². The summed E-state index contributed by atoms with van der Waals surface area (Å²) in [5.41, 5.74) is 5.33. The second-order valence-corrected chi connectivity index (χ2v) is 6.42. The number of halogens is 2. The maximum absolute atomic E-state index is 12.9. The van der Waals surface area contributed by atoms with Crippen LogP contribution < -0.4 is 5.43 Å². The van der Waals surface area contributed by atoms with Gasteiger partial charge in [-0.15, -0.1) is 0 Å². The van der Waals surface area contributed by atoms with E-state index >= 15 is 0 Å². The molecule has 0 saturated heterocycles. The lowest BCUT2D eigenvalue weighted by Gasteiger charge is -2.09. The van der Waals surface area contributed by atoms with Gasteiger partial charge in [0, 0.05) is 5.56 Å². The lowest BCUT2D eigenvalue weighted by atomic mass is 10.1. The zero-order chi connectivity index (χ0) is 18.3. The van der Waals surface area contributed by atoms with E-state index in [1.165, 1.54) is 6.33 Å². The smallest absolute Gasteiger partial charge is 0.276 e. The van der Waals surface area contributed by atoms with E-state index in [4.69, 9.17) is 27.7 Å². The Balaban J connectivity index is 1.77. The molecule has 2 heterocycles. The van der Waals surface area contributed by atoms with Gasteiger partial charge in [0.15, 0.2) is 0 Å². The molecule has 4 rings (SSSR count). The van der Waals surface area contributed by atoms with Crippen molar-refractivity contribution in [1.82, 2.24) is 14.8 Å². The van der Waals surface area contributed by atoms with E-state index in [9.17, 15) is 4.79 Å². The van der Waals surface area contributed by atoms with Gasteiger partial charge in [-0.1, -0.05) is 46.6 Å². The highest BCUT2D eigenvalue weighted by Gasteiger charge is 2.25. The van der Waals surface area contributed by atoms with E-state index in [1.54, 1.807) is 29.8 Å². The highest BCUT2D eigenvalue weighted by Crippen LogP contribution is 2.36. The number of hydrogen-bond acceptors (Lipinski definition) is 4. The van der Waals surface area contributed by atoms with Gasteiger partial charge in [-0.05, 0) is 31.2 Å². The fourth-order valence-corrected chi connectivity index (χ4v) is 3.32. The molecule has 0 saturated carbocycles. The van der Waals surface area contributed by atoms with E-state index in [1.807, 2.05) is 24.3 Å². The number of imidazole rings is 1. The minimum Gasteiger partial charge on any atom is -0.360 e. The van der Waals surface area contributed by atoms with Crippen molar-refractivity contribution in [3.63, 3.8) is 0 Å². The van der Waals surface area contributed by atoms with Gasteiger partial charge in [0.25, 0.3) is 5.91 Å². The Kier molecular flexibility index (Phi) is 4.14. The summed E-state index contributed by atoms with van der Waals surface area (Å²) in [5.74, 6) is -0.0456. The molecule has 4 aromatic rings. The van der Waals surface area contributed by atoms with E-state index in [0.717, 1.165) is 11.0 Å². The third-order valence-corrected chi connectivity index (χ3v) is 4.59. The average Bonchev–Trinajstić information content (AvgIpc) is 3.19. The number of hydrogen-bond donors (Lipinski definition) is 1. The van der Waals surface area contributed by atoms with Crippen molar-refractivity contribution in [2.24, 2.45) is 0 Å². The predicted molar refractivity (Wildman–Crippen MR) is 100 cm³/mol. The molecule has 2 aromatic heterocycles. The van der Waals surface area contributed by atoms with Gasteiger partial charge in [0.2, 0.25) is 0 Å². The first-order valence-electron chi connectivity index (χ1n) is 7.70. The lowest BCUT2D eigenvalue weighted by molar-refractivity contribution is 0.101. The Morgan fingerprint density at radius 2 is 1.85 bits per heavy atom. The van der Waals surface area contributed by atoms with Gasteiger partial charge in [-0.2, -0.15) is 0 Å². The van der Waals surface area contributed by atoms with Gasteiger partial charge < -0.3 is 4.52 Å². The Morgan fingerprint density at radius 3 is 2.62 bits per heavy atom. The number of fused-ring (bicyclic) bond motifs is 1. The van der Waals surface area contributed by atoms with Crippen LogP contribution in [0.1, 0.15) is 16.1 Å². The van der Waals surface area contributed by atoms with Gasteiger partial charge in [0.05, 0.1) is 21.1 Å². The fraction of sp³-hybridized carbons (Fsp3) is 0.0556. The molecule has 1 N–H and O–H groups in total. The van der Waals surface area contributed by atoms with Crippen LogP contribution in [0.2, 0.25) is 10.0 Å². The number of aromatic nitrogens is 3. The molecular formula is C18H12Cl2N4O2. The highest BCUT2D eigenvalue weighted by molar-refractivity contribution is 6.39. The molecule has 1 amide bonds. The monoisotopic (exact) mass is 386 g/mol. The normalized spacial score (nSPS) is 11.0. The Labute approximate surface area is 158 Å². The maximum atomic E-state index is 12.9. The van der Waals surface area contributed by atoms with Gasteiger partial charge >= 0.3 is 0 Å². The molecule has 0 bridgehead atoms. The van der Waals surface area contributed by atoms with Crippen molar-refractivity contribution in [3.05, 3.63) is 70.2 Å². The van der Waals surface area contributed by atoms with Gasteiger partial charge in [-0.25, -0.2) is 9.66 Å². The topological polar surface area (TPSA) is 73.0 Å². The molecule has 0 spiro atoms. The molecule has 6 nitrogen and oxygen atoms in total. The first kappa shape index (κ1) is 16.6. The third-order valence-electron chi connectivity index (χ3n) is 3.96. The summed E-state index contributed by atoms with van der Waals surface area (Å²) in [5, 5.41) is 4.76. The summed E-state index contributed by atoms with van der Waals surface area (Å²) < 4.78 is 6.78. The minimum absolute atomic E-state index is 0.262. The fourth-order valence-electron chi connectivity index (χ4n) is 2.75. The molecule has 0 aliphatic rings. The quantitative estimate of drug-likeness (QED) is 0.554. The van der Waals surface area contributed by atoms with E-state index in [0.29, 0.717) is 27.1 Å². The summed E-state index contributed by atoms with van der Waals surface area (Å²) in [6.07, 6.45) is 1.54. The Bertz CT molecular complexity index is 1110. The second kappa shape index (κ2) is 6.48. The molecule has 26 heavy (non-hydrogen) atoms. The second-order valence-electron chi connectivity index (χ2n) is 5.60. The SMILES string of the molecule is Cc1onc(-c2c(Cl)cccc2Cl)c1C(=O)Nn1cnc2ccccc21. The molecule has 8 heteroatoms. The molecular weight excluding hydrogens is 375 g/mol. The summed E-state index contributed by atoms with van der Waals surface area (Å²) >= 11 is 12.5. The molecule has 130 valence electrons. The minimum atomic E-state index is -0.405. The zero-order valence-electron chi connectivity index (χ0n) is 13.5. The van der Waals surface area contributed by atoms with E-state index < -0.39 is 5.91 Å². The number of aryl methyl sites for hydroxylation is 1. The molecule has 0 radical (unpaired) electrons. The largest absolute Gasteiger partial charge is 0.360 e. The van der Waals surface area contributed by atoms with Crippen molar-refractivity contribution in [1.29, 1.82) is 0 Å². The molecule has 0 atom stereocenters.